The Kier molecular flexibility index (Phi) is 3.42. The lowest BCUT2D eigenvalue weighted by Crippen LogP contribution is -2.33. The minimum absolute atomic E-state index is 0.372. The molecule has 0 heterocycles. The van der Waals surface area contributed by atoms with E-state index >= 15 is 0 Å². The van der Waals surface area contributed by atoms with Gasteiger partial charge in [0.1, 0.15) is 0 Å². The van der Waals surface area contributed by atoms with Crippen LogP contribution >= 0.6 is 0 Å². The summed E-state index contributed by atoms with van der Waals surface area (Å²) >= 11 is 0. The molecular weight excluding hydrogens is 114 g/mol. The Bertz CT molecular complexity index is 92.3. The van der Waals surface area contributed by atoms with Gasteiger partial charge < -0.3 is 5.43 Å². The fourth-order valence-corrected chi connectivity index (χ4v) is 0.658. The molecule has 1 unspecified atom stereocenters. The lowest BCUT2D eigenvalue weighted by Gasteiger charge is -2.36. The van der Waals surface area contributed by atoms with Gasteiger partial charge in [-0.1, -0.05) is 6.92 Å². The van der Waals surface area contributed by atoms with Crippen molar-refractivity contribution in [3.8, 4) is 0 Å². The fourth-order valence-electron chi connectivity index (χ4n) is 0.658. The van der Waals surface area contributed by atoms with E-state index in [0.717, 1.165) is 13.0 Å². The molecule has 0 amide bonds. The van der Waals surface area contributed by atoms with E-state index in [1.807, 2.05) is 7.05 Å². The van der Waals surface area contributed by atoms with E-state index in [4.69, 9.17) is 0 Å². The summed E-state index contributed by atoms with van der Waals surface area (Å²) in [5.74, 6) is 0. The van der Waals surface area contributed by atoms with Gasteiger partial charge in [0.15, 0.2) is 0 Å². The van der Waals surface area contributed by atoms with Crippen molar-refractivity contribution in [2.45, 2.75) is 13.3 Å². The molecule has 0 spiro atoms. The maximum atomic E-state index is 4.04. The first kappa shape index (κ1) is 8.59. The van der Waals surface area contributed by atoms with Gasteiger partial charge in [-0.15, -0.1) is 12.1 Å². The van der Waals surface area contributed by atoms with Crippen LogP contribution in [0.15, 0.2) is 5.10 Å². The first-order chi connectivity index (χ1) is 4.18. The van der Waals surface area contributed by atoms with Gasteiger partial charge in [-0.3, -0.25) is 4.70 Å². The van der Waals surface area contributed by atoms with Gasteiger partial charge in [0.05, 0.1) is 13.6 Å². The third-order valence-corrected chi connectivity index (χ3v) is 1.38. The van der Waals surface area contributed by atoms with E-state index in [2.05, 4.69) is 24.2 Å². The predicted octanol–water partition coefficient (Wildman–Crippen LogP) is 1.38. The first-order valence-corrected chi connectivity index (χ1v) is 3.13. The molecule has 0 aliphatic heterocycles. The van der Waals surface area contributed by atoms with Crippen LogP contribution in [0.25, 0.3) is 5.43 Å². The molecule has 0 bridgehead atoms. The highest BCUT2D eigenvalue weighted by atomic mass is 15.8. The summed E-state index contributed by atoms with van der Waals surface area (Å²) in [6, 6.07) is 0. The maximum Gasteiger partial charge on any atom is 0.0932 e. The zero-order valence-electron chi connectivity index (χ0n) is 6.46. The molecule has 3 nitrogen and oxygen atoms in total. The van der Waals surface area contributed by atoms with Gasteiger partial charge in [-0.25, -0.2) is 0 Å². The molecule has 1 atom stereocenters. The second-order valence-electron chi connectivity index (χ2n) is 2.15. The van der Waals surface area contributed by atoms with Crippen LogP contribution in [-0.2, 0) is 0 Å². The van der Waals surface area contributed by atoms with E-state index in [-0.39, 0.29) is 0 Å². The molecule has 0 aromatic rings. The van der Waals surface area contributed by atoms with Crippen molar-refractivity contribution < 1.29 is 4.70 Å². The zero-order chi connectivity index (χ0) is 7.33. The van der Waals surface area contributed by atoms with Crippen molar-refractivity contribution in [1.82, 2.24) is 0 Å². The maximum absolute atomic E-state index is 4.04. The molecule has 0 aliphatic carbocycles. The molecule has 54 valence electrons. The van der Waals surface area contributed by atoms with Crippen LogP contribution in [0, 0.1) is 0 Å². The van der Waals surface area contributed by atoms with E-state index in [0.29, 0.717) is 4.70 Å². The monoisotopic (exact) mass is 129 g/mol. The molecule has 0 fully saturated rings. The Hall–Kier alpha value is -0.410. The van der Waals surface area contributed by atoms with Crippen molar-refractivity contribution in [2.75, 3.05) is 20.6 Å². The minimum Gasteiger partial charge on any atom is -0.428 e. The van der Waals surface area contributed by atoms with Gasteiger partial charge >= 0.3 is 0 Å². The zero-order valence-corrected chi connectivity index (χ0v) is 6.46. The molecule has 9 heavy (non-hydrogen) atoms. The third-order valence-electron chi connectivity index (χ3n) is 1.38. The number of hydrogen-bond donors (Lipinski definition) is 0. The molecule has 0 rings (SSSR count). The molecule has 0 aliphatic rings. The smallest absolute Gasteiger partial charge is 0.0932 e. The first-order valence-electron chi connectivity index (χ1n) is 3.13. The number of nitrogens with zero attached hydrogens (tertiary/aromatic N) is 3. The minimum atomic E-state index is 0.372. The van der Waals surface area contributed by atoms with Gasteiger partial charge in [0, 0.05) is 6.72 Å². The summed E-state index contributed by atoms with van der Waals surface area (Å²) < 4.78 is 0.372. The summed E-state index contributed by atoms with van der Waals surface area (Å²) in [5.41, 5.74) is 4.04. The summed E-state index contributed by atoms with van der Waals surface area (Å²) in [5, 5.41) is 3.85. The molecule has 3 heteroatoms. The highest BCUT2D eigenvalue weighted by Gasteiger charge is 2.04. The van der Waals surface area contributed by atoms with Crippen LogP contribution in [0.4, 0.5) is 0 Å². The van der Waals surface area contributed by atoms with Gasteiger partial charge in [-0.2, -0.15) is 0 Å². The van der Waals surface area contributed by atoms with E-state index in [1.54, 1.807) is 7.05 Å². The third kappa shape index (κ3) is 2.58. The lowest BCUT2D eigenvalue weighted by molar-refractivity contribution is -0.879. The molecule has 0 saturated heterocycles. The van der Waals surface area contributed by atoms with Crippen LogP contribution in [0.2, 0.25) is 0 Å². The summed E-state index contributed by atoms with van der Waals surface area (Å²) in [4.78, 5) is 0. The van der Waals surface area contributed by atoms with Gasteiger partial charge in [0.25, 0.3) is 0 Å². The summed E-state index contributed by atoms with van der Waals surface area (Å²) in [7, 11) is 3.68. The quantitative estimate of drug-likeness (QED) is 0.311. The Morgan fingerprint density at radius 1 is 1.67 bits per heavy atom. The van der Waals surface area contributed by atoms with Crippen LogP contribution in [0.1, 0.15) is 13.3 Å². The fraction of sp³-hybridized carbons (Fsp3) is 0.833. The number of hydrogen-bond acceptors (Lipinski definition) is 1. The van der Waals surface area contributed by atoms with Crippen molar-refractivity contribution in [2.24, 2.45) is 5.10 Å². The van der Waals surface area contributed by atoms with Crippen LogP contribution < -0.4 is 0 Å². The SMILES string of the molecule is C=N[N+](C)(CCC)[N-]C. The van der Waals surface area contributed by atoms with Gasteiger partial charge in [-0.05, 0) is 6.42 Å². The Morgan fingerprint density at radius 2 is 2.22 bits per heavy atom. The van der Waals surface area contributed by atoms with E-state index in [9.17, 15) is 0 Å². The van der Waals surface area contributed by atoms with E-state index < -0.39 is 0 Å². The number of rotatable bonds is 4. The molecule has 0 aromatic carbocycles. The van der Waals surface area contributed by atoms with Crippen molar-refractivity contribution >= 4 is 6.72 Å². The standard InChI is InChI=1S/C6H15N3/c1-5-6-9(4,7-2)8-3/h2,5-6H2,1,3-4H3. The normalized spacial score (nSPS) is 16.8. The summed E-state index contributed by atoms with van der Waals surface area (Å²) in [6.45, 7) is 6.49. The Labute approximate surface area is 56.9 Å². The average molecular weight is 129 g/mol. The highest BCUT2D eigenvalue weighted by molar-refractivity contribution is 5.21. The largest absolute Gasteiger partial charge is 0.428 e. The molecule has 0 N–H and O–H groups in total. The molecule has 0 saturated carbocycles. The van der Waals surface area contributed by atoms with Crippen molar-refractivity contribution in [3.05, 3.63) is 5.43 Å². The molecular formula is C6H15N3. The number of quaternary nitrogens is 1. The van der Waals surface area contributed by atoms with Crippen LogP contribution in [0.5, 0.6) is 0 Å². The average Bonchev–Trinajstić information content (AvgIpc) is 1.89. The van der Waals surface area contributed by atoms with Gasteiger partial charge in [0.2, 0.25) is 0 Å². The molecule has 0 radical (unpaired) electrons. The lowest BCUT2D eigenvalue weighted by atomic mass is 10.5. The molecule has 0 aromatic heterocycles. The predicted molar refractivity (Wildman–Crippen MR) is 40.2 cm³/mol. The van der Waals surface area contributed by atoms with E-state index in [1.165, 1.54) is 0 Å². The topological polar surface area (TPSA) is 26.5 Å². The Morgan fingerprint density at radius 3 is 2.33 bits per heavy atom. The van der Waals surface area contributed by atoms with Crippen molar-refractivity contribution in [1.29, 1.82) is 0 Å². The Balaban J connectivity index is 3.76. The summed E-state index contributed by atoms with van der Waals surface area (Å²) in [6.07, 6.45) is 1.08. The van der Waals surface area contributed by atoms with Crippen molar-refractivity contribution in [3.63, 3.8) is 0 Å². The second kappa shape index (κ2) is 3.58. The highest BCUT2D eigenvalue weighted by Crippen LogP contribution is 2.08. The van der Waals surface area contributed by atoms with Crippen LogP contribution in [-0.4, -0.2) is 32.1 Å². The second-order valence-corrected chi connectivity index (χ2v) is 2.15. The van der Waals surface area contributed by atoms with Crippen LogP contribution in [0.3, 0.4) is 0 Å².